The Labute approximate surface area is 126 Å². The van der Waals surface area contributed by atoms with Crippen LogP contribution < -0.4 is 0 Å². The van der Waals surface area contributed by atoms with Gasteiger partial charge in [-0.2, -0.15) is 10.2 Å². The summed E-state index contributed by atoms with van der Waals surface area (Å²) in [5.74, 6) is 3.59. The number of amides is 1. The molecule has 0 aromatic rings. The highest BCUT2D eigenvalue weighted by atomic mass is 16.5. The van der Waals surface area contributed by atoms with E-state index in [0.717, 1.165) is 32.0 Å². The van der Waals surface area contributed by atoms with Crippen LogP contribution in [0.3, 0.4) is 0 Å². The predicted octanol–water partition coefficient (Wildman–Crippen LogP) is 2.23. The summed E-state index contributed by atoms with van der Waals surface area (Å²) < 4.78 is 5.36. The van der Waals surface area contributed by atoms with Gasteiger partial charge in [0, 0.05) is 51.3 Å². The van der Waals surface area contributed by atoms with E-state index in [1.165, 1.54) is 12.8 Å². The van der Waals surface area contributed by atoms with E-state index < -0.39 is 0 Å². The van der Waals surface area contributed by atoms with Gasteiger partial charge in [0.15, 0.2) is 5.66 Å². The second-order valence-electron chi connectivity index (χ2n) is 6.71. The van der Waals surface area contributed by atoms with Gasteiger partial charge in [-0.15, -0.1) is 12.3 Å². The van der Waals surface area contributed by atoms with Gasteiger partial charge in [0.05, 0.1) is 6.61 Å². The van der Waals surface area contributed by atoms with Crippen molar-refractivity contribution in [2.75, 3.05) is 26.8 Å². The number of methoxy groups -OCH3 is 1. The van der Waals surface area contributed by atoms with Crippen molar-refractivity contribution < 1.29 is 9.53 Å². The van der Waals surface area contributed by atoms with E-state index >= 15 is 0 Å². The van der Waals surface area contributed by atoms with Crippen molar-refractivity contribution in [2.45, 2.75) is 44.2 Å². The molecular weight excluding hydrogens is 266 g/mol. The number of terminal acetylenes is 1. The molecule has 2 heterocycles. The summed E-state index contributed by atoms with van der Waals surface area (Å²) in [5.41, 5.74) is -0.104. The molecule has 5 heteroatoms. The van der Waals surface area contributed by atoms with Crippen molar-refractivity contribution in [2.24, 2.45) is 21.6 Å². The fourth-order valence-corrected chi connectivity index (χ4v) is 3.47. The van der Waals surface area contributed by atoms with Crippen LogP contribution in [0.25, 0.3) is 0 Å². The molecule has 5 nitrogen and oxygen atoms in total. The number of ether oxygens (including phenoxy) is 1. The maximum Gasteiger partial charge on any atom is 0.222 e. The Morgan fingerprint density at radius 3 is 2.62 bits per heavy atom. The maximum absolute atomic E-state index is 12.3. The second-order valence-corrected chi connectivity index (χ2v) is 6.71. The van der Waals surface area contributed by atoms with Crippen LogP contribution in [0.5, 0.6) is 0 Å². The summed E-state index contributed by atoms with van der Waals surface area (Å²) in [5, 5.41) is 8.16. The molecule has 21 heavy (non-hydrogen) atoms. The lowest BCUT2D eigenvalue weighted by molar-refractivity contribution is -0.149. The molecule has 0 aromatic heterocycles. The van der Waals surface area contributed by atoms with Crippen LogP contribution in [0.15, 0.2) is 10.2 Å². The molecule has 1 saturated carbocycles. The number of carbonyl (C=O) groups is 1. The molecule has 0 atom stereocenters. The van der Waals surface area contributed by atoms with Crippen molar-refractivity contribution in [3.8, 4) is 12.3 Å². The van der Waals surface area contributed by atoms with Gasteiger partial charge in [0.2, 0.25) is 5.91 Å². The molecule has 114 valence electrons. The number of carbonyl (C=O) groups excluding carboxylic acids is 1. The maximum atomic E-state index is 12.3. The summed E-state index contributed by atoms with van der Waals surface area (Å²) in [7, 11) is 1.75. The number of rotatable bonds is 8. The first kappa shape index (κ1) is 14.5. The number of hydrogen-bond acceptors (Lipinski definition) is 4. The minimum Gasteiger partial charge on any atom is -0.384 e. The van der Waals surface area contributed by atoms with Crippen molar-refractivity contribution >= 4 is 5.91 Å². The zero-order valence-corrected chi connectivity index (χ0v) is 12.7. The minimum absolute atomic E-state index is 0.222. The molecule has 1 aliphatic carbocycles. The zero-order chi connectivity index (χ0) is 14.9. The van der Waals surface area contributed by atoms with Crippen LogP contribution in [-0.2, 0) is 9.53 Å². The van der Waals surface area contributed by atoms with E-state index in [1.54, 1.807) is 7.11 Å². The van der Waals surface area contributed by atoms with Crippen molar-refractivity contribution in [3.63, 3.8) is 0 Å². The predicted molar refractivity (Wildman–Crippen MR) is 78.5 cm³/mol. The van der Waals surface area contributed by atoms with Gasteiger partial charge in [0.25, 0.3) is 0 Å². The topological polar surface area (TPSA) is 54.3 Å². The van der Waals surface area contributed by atoms with Gasteiger partial charge in [-0.25, -0.2) is 0 Å². The van der Waals surface area contributed by atoms with E-state index in [2.05, 4.69) is 16.1 Å². The van der Waals surface area contributed by atoms with Gasteiger partial charge in [-0.1, -0.05) is 0 Å². The van der Waals surface area contributed by atoms with E-state index in [9.17, 15) is 4.79 Å². The molecule has 0 bridgehead atoms. The fourth-order valence-electron chi connectivity index (χ4n) is 3.47. The summed E-state index contributed by atoms with van der Waals surface area (Å²) >= 11 is 0. The monoisotopic (exact) mass is 289 g/mol. The second kappa shape index (κ2) is 5.42. The normalized spacial score (nSPS) is 24.3. The molecule has 1 amide bonds. The number of hydrogen-bond donors (Lipinski definition) is 0. The van der Waals surface area contributed by atoms with E-state index in [-0.39, 0.29) is 17.0 Å². The third kappa shape index (κ3) is 2.96. The Bertz CT molecular complexity index is 478. The molecule has 3 rings (SSSR count). The van der Waals surface area contributed by atoms with Gasteiger partial charge >= 0.3 is 0 Å². The smallest absolute Gasteiger partial charge is 0.222 e. The van der Waals surface area contributed by atoms with Gasteiger partial charge in [-0.3, -0.25) is 4.79 Å². The Balaban J connectivity index is 1.42. The molecule has 0 aromatic carbocycles. The lowest BCUT2D eigenvalue weighted by Crippen LogP contribution is -2.61. The summed E-state index contributed by atoms with van der Waals surface area (Å²) in [6, 6.07) is 0. The Morgan fingerprint density at radius 1 is 1.38 bits per heavy atom. The highest BCUT2D eigenvalue weighted by Crippen LogP contribution is 2.51. The molecule has 0 spiro atoms. The first-order chi connectivity index (χ1) is 10.1. The largest absolute Gasteiger partial charge is 0.384 e. The molecule has 1 saturated heterocycles. The van der Waals surface area contributed by atoms with Crippen molar-refractivity contribution in [1.82, 2.24) is 4.90 Å². The molecule has 2 fully saturated rings. The molecule has 0 unspecified atom stereocenters. The Hall–Kier alpha value is -1.41. The molecule has 0 N–H and O–H groups in total. The third-order valence-corrected chi connectivity index (χ3v) is 5.03. The molecule has 0 radical (unpaired) electrons. The van der Waals surface area contributed by atoms with E-state index in [0.29, 0.717) is 19.3 Å². The van der Waals surface area contributed by atoms with Crippen molar-refractivity contribution in [3.05, 3.63) is 0 Å². The lowest BCUT2D eigenvalue weighted by Gasteiger charge is -2.50. The first-order valence-corrected chi connectivity index (χ1v) is 7.77. The minimum atomic E-state index is -0.340. The first-order valence-electron chi connectivity index (χ1n) is 7.77. The molecule has 2 aliphatic heterocycles. The Kier molecular flexibility index (Phi) is 3.75. The zero-order valence-electron chi connectivity index (χ0n) is 12.7. The molecule has 3 aliphatic rings. The van der Waals surface area contributed by atoms with Gasteiger partial charge in [0.1, 0.15) is 0 Å². The quantitative estimate of drug-likeness (QED) is 0.643. The van der Waals surface area contributed by atoms with Gasteiger partial charge in [-0.05, 0) is 18.8 Å². The van der Waals surface area contributed by atoms with Crippen LogP contribution in [0, 0.1) is 23.7 Å². The fraction of sp³-hybridized carbons (Fsp3) is 0.812. The van der Waals surface area contributed by atoms with Crippen molar-refractivity contribution in [1.29, 1.82) is 0 Å². The SMILES string of the molecule is C#CCCC1(CCC(=O)N2CC(COC)(C3CC3)C2)N=N1. The average Bonchev–Trinajstić information content (AvgIpc) is 3.32. The highest BCUT2D eigenvalue weighted by Gasteiger charge is 2.54. The lowest BCUT2D eigenvalue weighted by atomic mass is 9.75. The third-order valence-electron chi connectivity index (χ3n) is 5.03. The summed E-state index contributed by atoms with van der Waals surface area (Å²) in [6.07, 6.45) is 10.5. The van der Waals surface area contributed by atoms with Crippen LogP contribution in [-0.4, -0.2) is 43.3 Å². The van der Waals surface area contributed by atoms with Crippen LogP contribution in [0.1, 0.15) is 38.5 Å². The van der Waals surface area contributed by atoms with E-state index in [1.807, 2.05) is 4.90 Å². The Morgan fingerprint density at radius 2 is 2.10 bits per heavy atom. The van der Waals surface area contributed by atoms with Crippen LogP contribution in [0.2, 0.25) is 0 Å². The summed E-state index contributed by atoms with van der Waals surface area (Å²) in [6.45, 7) is 2.49. The van der Waals surface area contributed by atoms with Crippen LogP contribution in [0.4, 0.5) is 0 Å². The van der Waals surface area contributed by atoms with Crippen LogP contribution >= 0.6 is 0 Å². The highest BCUT2D eigenvalue weighted by molar-refractivity contribution is 5.77. The standard InChI is InChI=1S/C16H23N3O2/c1-3-4-8-16(17-18-16)9-7-14(20)19-10-15(11-19,12-21-2)13-5-6-13/h1,13H,4-12H2,2H3. The van der Waals surface area contributed by atoms with E-state index in [4.69, 9.17) is 11.2 Å². The number of likely N-dealkylation sites (tertiary alicyclic amines) is 1. The average molecular weight is 289 g/mol. The number of nitrogens with zero attached hydrogens (tertiary/aromatic N) is 3. The van der Waals surface area contributed by atoms with Gasteiger partial charge < -0.3 is 9.64 Å². The molecular formula is C16H23N3O2. The summed E-state index contributed by atoms with van der Waals surface area (Å²) in [4.78, 5) is 14.2.